The van der Waals surface area contributed by atoms with Gasteiger partial charge in [-0.1, -0.05) is 0 Å². The number of nitrogens with zero attached hydrogens (tertiary/aromatic N) is 3. The molecule has 5 N–H and O–H groups in total. The molecule has 28 heavy (non-hydrogen) atoms. The molecule has 0 saturated heterocycles. The Labute approximate surface area is 163 Å². The number of aromatic nitrogens is 3. The average molecular weight is 385 g/mol. The van der Waals surface area contributed by atoms with Crippen LogP contribution in [0.2, 0.25) is 0 Å². The number of pyridine rings is 1. The van der Waals surface area contributed by atoms with E-state index in [1.165, 1.54) is 4.68 Å². The van der Waals surface area contributed by atoms with Gasteiger partial charge in [0.05, 0.1) is 18.3 Å². The van der Waals surface area contributed by atoms with Crippen molar-refractivity contribution >= 4 is 5.97 Å². The largest absolute Gasteiger partial charge is 0.477 e. The number of aromatic carboxylic acids is 1. The van der Waals surface area contributed by atoms with Crippen molar-refractivity contribution in [3.8, 4) is 11.3 Å². The zero-order valence-electron chi connectivity index (χ0n) is 15.8. The Balaban J connectivity index is 1.49. The minimum absolute atomic E-state index is 0.147. The molecule has 0 amide bonds. The van der Waals surface area contributed by atoms with E-state index in [-0.39, 0.29) is 18.3 Å². The van der Waals surface area contributed by atoms with Gasteiger partial charge in [0.1, 0.15) is 5.69 Å². The predicted octanol–water partition coefficient (Wildman–Crippen LogP) is 0.962. The van der Waals surface area contributed by atoms with Crippen LogP contribution < -0.4 is 11.1 Å². The molecule has 0 radical (unpaired) electrons. The number of aliphatic hydroxyl groups is 1. The van der Waals surface area contributed by atoms with Crippen LogP contribution in [0.5, 0.6) is 0 Å². The molecular weight excluding hydrogens is 358 g/mol. The van der Waals surface area contributed by atoms with Crippen LogP contribution in [0.15, 0.2) is 18.5 Å². The molecule has 8 heteroatoms. The molecule has 1 fully saturated rings. The van der Waals surface area contributed by atoms with Gasteiger partial charge in [-0.2, -0.15) is 5.10 Å². The Kier molecular flexibility index (Phi) is 5.43. The number of hydrogen-bond acceptors (Lipinski definition) is 6. The summed E-state index contributed by atoms with van der Waals surface area (Å²) in [5.41, 5.74) is 9.57. The van der Waals surface area contributed by atoms with Gasteiger partial charge in [-0.15, -0.1) is 0 Å². The lowest BCUT2D eigenvalue weighted by Gasteiger charge is -2.27. The fraction of sp³-hybridized carbons (Fsp3) is 0.550. The minimum Gasteiger partial charge on any atom is -0.477 e. The summed E-state index contributed by atoms with van der Waals surface area (Å²) in [4.78, 5) is 16.1. The average Bonchev–Trinajstić information content (AvgIpc) is 3.06. The Hall–Kier alpha value is -2.29. The van der Waals surface area contributed by atoms with Crippen molar-refractivity contribution in [2.24, 2.45) is 5.73 Å². The maximum atomic E-state index is 11.9. The van der Waals surface area contributed by atoms with Gasteiger partial charge in [-0.25, -0.2) is 4.79 Å². The summed E-state index contributed by atoms with van der Waals surface area (Å²) in [7, 11) is 0. The van der Waals surface area contributed by atoms with E-state index in [1.54, 1.807) is 6.20 Å². The van der Waals surface area contributed by atoms with E-state index in [4.69, 9.17) is 5.73 Å². The Morgan fingerprint density at radius 3 is 2.86 bits per heavy atom. The molecule has 1 atom stereocenters. The zero-order valence-corrected chi connectivity index (χ0v) is 15.8. The Morgan fingerprint density at radius 1 is 1.32 bits per heavy atom. The molecule has 1 unspecified atom stereocenters. The molecule has 0 bridgehead atoms. The molecule has 2 aliphatic rings. The molecule has 1 saturated carbocycles. The van der Waals surface area contributed by atoms with E-state index in [1.807, 2.05) is 12.3 Å². The number of hydrogen-bond donors (Lipinski definition) is 4. The number of nitrogens with two attached hydrogens (primary N) is 1. The van der Waals surface area contributed by atoms with Crippen LogP contribution in [0.1, 0.15) is 47.3 Å². The highest BCUT2D eigenvalue weighted by atomic mass is 16.4. The third kappa shape index (κ3) is 3.80. The van der Waals surface area contributed by atoms with Gasteiger partial charge >= 0.3 is 5.97 Å². The van der Waals surface area contributed by atoms with Crippen LogP contribution in [-0.4, -0.2) is 55.7 Å². The van der Waals surface area contributed by atoms with Gasteiger partial charge < -0.3 is 21.3 Å². The fourth-order valence-electron chi connectivity index (χ4n) is 4.33. The Bertz CT molecular complexity index is 858. The molecule has 2 aliphatic carbocycles. The lowest BCUT2D eigenvalue weighted by Crippen LogP contribution is -2.41. The highest BCUT2D eigenvalue weighted by molar-refractivity contribution is 5.90. The molecule has 0 aliphatic heterocycles. The van der Waals surface area contributed by atoms with Gasteiger partial charge in [0, 0.05) is 42.1 Å². The van der Waals surface area contributed by atoms with Gasteiger partial charge in [0.25, 0.3) is 0 Å². The van der Waals surface area contributed by atoms with E-state index in [2.05, 4.69) is 15.4 Å². The first-order valence-electron chi connectivity index (χ1n) is 9.96. The van der Waals surface area contributed by atoms with Crippen molar-refractivity contribution in [3.63, 3.8) is 0 Å². The quantitative estimate of drug-likeness (QED) is 0.583. The number of fused-ring (bicyclic) bond motifs is 3. The molecule has 8 nitrogen and oxygen atoms in total. The molecule has 0 aromatic carbocycles. The van der Waals surface area contributed by atoms with E-state index in [0.29, 0.717) is 24.7 Å². The van der Waals surface area contributed by atoms with E-state index in [9.17, 15) is 15.0 Å². The molecule has 2 aromatic rings. The second-order valence-electron chi connectivity index (χ2n) is 7.87. The van der Waals surface area contributed by atoms with Crippen LogP contribution in [-0.2, 0) is 19.4 Å². The summed E-state index contributed by atoms with van der Waals surface area (Å²) in [6.07, 6.45) is 8.17. The van der Waals surface area contributed by atoms with Crippen molar-refractivity contribution in [2.75, 3.05) is 6.54 Å². The summed E-state index contributed by atoms with van der Waals surface area (Å²) in [6, 6.07) is 2.52. The highest BCUT2D eigenvalue weighted by Crippen LogP contribution is 2.34. The zero-order chi connectivity index (χ0) is 19.7. The Morgan fingerprint density at radius 2 is 2.11 bits per heavy atom. The van der Waals surface area contributed by atoms with Gasteiger partial charge in [-0.05, 0) is 50.2 Å². The maximum absolute atomic E-state index is 11.9. The first kappa shape index (κ1) is 19.0. The third-order valence-corrected chi connectivity index (χ3v) is 5.85. The second kappa shape index (κ2) is 7.98. The number of carboxylic acids is 1. The summed E-state index contributed by atoms with van der Waals surface area (Å²) in [5.74, 6) is -1.01. The number of nitrogens with one attached hydrogen (secondary N) is 1. The molecule has 4 rings (SSSR count). The van der Waals surface area contributed by atoms with Crippen molar-refractivity contribution < 1.29 is 15.0 Å². The first-order valence-corrected chi connectivity index (χ1v) is 9.96. The molecule has 2 aromatic heterocycles. The number of aliphatic hydroxyl groups excluding tert-OH is 1. The van der Waals surface area contributed by atoms with Crippen molar-refractivity contribution in [2.45, 2.75) is 63.3 Å². The lowest BCUT2D eigenvalue weighted by molar-refractivity contribution is 0.0674. The van der Waals surface area contributed by atoms with Crippen molar-refractivity contribution in [3.05, 3.63) is 35.3 Å². The molecule has 150 valence electrons. The van der Waals surface area contributed by atoms with Gasteiger partial charge in [-0.3, -0.25) is 9.67 Å². The van der Waals surface area contributed by atoms with Gasteiger partial charge in [0.2, 0.25) is 0 Å². The van der Waals surface area contributed by atoms with Crippen molar-refractivity contribution in [1.82, 2.24) is 20.1 Å². The minimum atomic E-state index is -1.01. The fourth-order valence-corrected chi connectivity index (χ4v) is 4.33. The second-order valence-corrected chi connectivity index (χ2v) is 7.87. The summed E-state index contributed by atoms with van der Waals surface area (Å²) in [6.45, 7) is 0.554. The van der Waals surface area contributed by atoms with Crippen LogP contribution >= 0.6 is 0 Å². The molecule has 0 spiro atoms. The maximum Gasteiger partial charge on any atom is 0.354 e. The smallest absolute Gasteiger partial charge is 0.354 e. The van der Waals surface area contributed by atoms with Crippen LogP contribution in [0.3, 0.4) is 0 Å². The summed E-state index contributed by atoms with van der Waals surface area (Å²) in [5, 5.41) is 28.2. The van der Waals surface area contributed by atoms with E-state index >= 15 is 0 Å². The summed E-state index contributed by atoms with van der Waals surface area (Å²) < 4.78 is 1.45. The third-order valence-electron chi connectivity index (χ3n) is 5.85. The standard InChI is InChI=1S/C20H27N5O3/c21-13-2-4-14(5-3-13)23-10-15(26)11-25-19(20(27)28)17-6-1-12-9-22-8-7-16(12)18(17)24-25/h7-9,13-15,23,26H,1-6,10-11,21H2,(H,27,28). The number of rotatable bonds is 6. The van der Waals surface area contributed by atoms with Crippen molar-refractivity contribution in [1.29, 1.82) is 0 Å². The van der Waals surface area contributed by atoms with Crippen LogP contribution in [0, 0.1) is 0 Å². The van der Waals surface area contributed by atoms with E-state index < -0.39 is 12.1 Å². The number of aryl methyl sites for hydroxylation is 1. The predicted molar refractivity (Wildman–Crippen MR) is 104 cm³/mol. The topological polar surface area (TPSA) is 126 Å². The van der Waals surface area contributed by atoms with E-state index in [0.717, 1.165) is 48.8 Å². The highest BCUT2D eigenvalue weighted by Gasteiger charge is 2.29. The lowest BCUT2D eigenvalue weighted by atomic mass is 9.90. The van der Waals surface area contributed by atoms with Gasteiger partial charge in [0.15, 0.2) is 0 Å². The number of carbonyl (C=O) groups is 1. The number of carboxylic acid groups (broad SMARTS) is 1. The SMILES string of the molecule is NC1CCC(NCC(O)Cn2nc3c(c2C(=O)O)CCc2cnccc2-3)CC1. The molecule has 2 heterocycles. The van der Waals surface area contributed by atoms with Crippen LogP contribution in [0.25, 0.3) is 11.3 Å². The molecular formula is C20H27N5O3. The monoisotopic (exact) mass is 385 g/mol. The first-order chi connectivity index (χ1) is 13.5. The summed E-state index contributed by atoms with van der Waals surface area (Å²) >= 11 is 0. The van der Waals surface area contributed by atoms with Crippen LogP contribution in [0.4, 0.5) is 0 Å². The normalized spacial score (nSPS) is 22.4.